The SMILES string of the molecule is CCc1cccc(NC(=O)C(C)NC(C)=O)c1. The van der Waals surface area contributed by atoms with Crippen molar-refractivity contribution in [2.45, 2.75) is 33.2 Å². The summed E-state index contributed by atoms with van der Waals surface area (Å²) in [5.41, 5.74) is 1.92. The Hall–Kier alpha value is -1.84. The molecule has 0 fully saturated rings. The third-order valence-electron chi connectivity index (χ3n) is 2.42. The molecule has 17 heavy (non-hydrogen) atoms. The van der Waals surface area contributed by atoms with E-state index in [1.807, 2.05) is 24.3 Å². The summed E-state index contributed by atoms with van der Waals surface area (Å²) in [6.45, 7) is 5.10. The fourth-order valence-electron chi connectivity index (χ4n) is 1.49. The van der Waals surface area contributed by atoms with Gasteiger partial charge in [-0.3, -0.25) is 9.59 Å². The van der Waals surface area contributed by atoms with Gasteiger partial charge in [0.2, 0.25) is 11.8 Å². The number of nitrogens with one attached hydrogen (secondary N) is 2. The highest BCUT2D eigenvalue weighted by molar-refractivity contribution is 5.96. The summed E-state index contributed by atoms with van der Waals surface area (Å²) in [4.78, 5) is 22.5. The minimum atomic E-state index is -0.530. The van der Waals surface area contributed by atoms with E-state index in [4.69, 9.17) is 0 Å². The van der Waals surface area contributed by atoms with Crippen LogP contribution in [-0.2, 0) is 16.0 Å². The maximum Gasteiger partial charge on any atom is 0.246 e. The zero-order valence-corrected chi connectivity index (χ0v) is 10.4. The molecule has 0 bridgehead atoms. The third kappa shape index (κ3) is 4.26. The van der Waals surface area contributed by atoms with Gasteiger partial charge >= 0.3 is 0 Å². The lowest BCUT2D eigenvalue weighted by Crippen LogP contribution is -2.40. The van der Waals surface area contributed by atoms with Crippen LogP contribution in [0.3, 0.4) is 0 Å². The minimum Gasteiger partial charge on any atom is -0.345 e. The molecule has 0 heterocycles. The van der Waals surface area contributed by atoms with Gasteiger partial charge < -0.3 is 10.6 Å². The molecule has 2 amide bonds. The van der Waals surface area contributed by atoms with Gasteiger partial charge in [-0.2, -0.15) is 0 Å². The van der Waals surface area contributed by atoms with Crippen molar-refractivity contribution < 1.29 is 9.59 Å². The van der Waals surface area contributed by atoms with Gasteiger partial charge in [-0.05, 0) is 31.0 Å². The normalized spacial score (nSPS) is 11.7. The number of carbonyl (C=O) groups is 2. The number of hydrogen-bond donors (Lipinski definition) is 2. The summed E-state index contributed by atoms with van der Waals surface area (Å²) in [5, 5.41) is 5.31. The monoisotopic (exact) mass is 234 g/mol. The Morgan fingerprint density at radius 1 is 1.35 bits per heavy atom. The Balaban J connectivity index is 2.64. The summed E-state index contributed by atoms with van der Waals surface area (Å²) in [5.74, 6) is -0.427. The smallest absolute Gasteiger partial charge is 0.246 e. The van der Waals surface area contributed by atoms with Crippen LogP contribution in [0.4, 0.5) is 5.69 Å². The molecule has 0 aliphatic carbocycles. The Bertz CT molecular complexity index is 416. The van der Waals surface area contributed by atoms with Crippen LogP contribution >= 0.6 is 0 Å². The van der Waals surface area contributed by atoms with E-state index < -0.39 is 6.04 Å². The highest BCUT2D eigenvalue weighted by atomic mass is 16.2. The molecule has 0 saturated carbocycles. The van der Waals surface area contributed by atoms with Gasteiger partial charge in [-0.15, -0.1) is 0 Å². The molecule has 1 rings (SSSR count). The topological polar surface area (TPSA) is 58.2 Å². The van der Waals surface area contributed by atoms with E-state index in [0.717, 1.165) is 17.7 Å². The molecule has 1 atom stereocenters. The van der Waals surface area contributed by atoms with Crippen LogP contribution in [-0.4, -0.2) is 17.9 Å². The number of aryl methyl sites for hydroxylation is 1. The zero-order chi connectivity index (χ0) is 12.8. The van der Waals surface area contributed by atoms with E-state index in [0.29, 0.717) is 0 Å². The molecule has 1 unspecified atom stereocenters. The predicted molar refractivity (Wildman–Crippen MR) is 67.7 cm³/mol. The van der Waals surface area contributed by atoms with Crippen molar-refractivity contribution in [1.29, 1.82) is 0 Å². The highest BCUT2D eigenvalue weighted by Crippen LogP contribution is 2.11. The molecule has 0 radical (unpaired) electrons. The lowest BCUT2D eigenvalue weighted by atomic mass is 10.1. The number of rotatable bonds is 4. The van der Waals surface area contributed by atoms with Crippen molar-refractivity contribution in [2.75, 3.05) is 5.32 Å². The average Bonchev–Trinajstić information content (AvgIpc) is 2.28. The van der Waals surface area contributed by atoms with Crippen LogP contribution < -0.4 is 10.6 Å². The van der Waals surface area contributed by atoms with Gasteiger partial charge in [-0.25, -0.2) is 0 Å². The first-order valence-corrected chi connectivity index (χ1v) is 5.69. The molecule has 0 aromatic heterocycles. The second kappa shape index (κ2) is 6.03. The summed E-state index contributed by atoms with van der Waals surface area (Å²) in [6.07, 6.45) is 0.922. The molecule has 92 valence electrons. The number of benzene rings is 1. The average molecular weight is 234 g/mol. The van der Waals surface area contributed by atoms with E-state index in [9.17, 15) is 9.59 Å². The quantitative estimate of drug-likeness (QED) is 0.833. The summed E-state index contributed by atoms with van der Waals surface area (Å²) in [6, 6.07) is 7.14. The first kappa shape index (κ1) is 13.2. The lowest BCUT2D eigenvalue weighted by molar-refractivity contribution is -0.124. The largest absolute Gasteiger partial charge is 0.345 e. The molecule has 4 nitrogen and oxygen atoms in total. The van der Waals surface area contributed by atoms with E-state index in [1.165, 1.54) is 6.92 Å². The maximum absolute atomic E-state index is 11.7. The zero-order valence-electron chi connectivity index (χ0n) is 10.4. The van der Waals surface area contributed by atoms with Gasteiger partial charge in [0.05, 0.1) is 0 Å². The first-order valence-electron chi connectivity index (χ1n) is 5.69. The van der Waals surface area contributed by atoms with E-state index in [-0.39, 0.29) is 11.8 Å². The van der Waals surface area contributed by atoms with Gasteiger partial charge in [0.25, 0.3) is 0 Å². The van der Waals surface area contributed by atoms with Crippen molar-refractivity contribution in [3.8, 4) is 0 Å². The molecule has 0 spiro atoms. The molecular weight excluding hydrogens is 216 g/mol. The number of carbonyl (C=O) groups excluding carboxylic acids is 2. The Morgan fingerprint density at radius 3 is 2.65 bits per heavy atom. The second-order valence-electron chi connectivity index (χ2n) is 3.97. The predicted octanol–water partition coefficient (Wildman–Crippen LogP) is 1.71. The molecule has 0 aliphatic heterocycles. The lowest BCUT2D eigenvalue weighted by Gasteiger charge is -2.13. The van der Waals surface area contributed by atoms with E-state index >= 15 is 0 Å². The van der Waals surface area contributed by atoms with Crippen molar-refractivity contribution in [3.05, 3.63) is 29.8 Å². The Labute approximate surface area is 101 Å². The fraction of sp³-hybridized carbons (Fsp3) is 0.385. The van der Waals surface area contributed by atoms with E-state index in [1.54, 1.807) is 6.92 Å². The van der Waals surface area contributed by atoms with Crippen molar-refractivity contribution in [3.63, 3.8) is 0 Å². The summed E-state index contributed by atoms with van der Waals surface area (Å²) >= 11 is 0. The van der Waals surface area contributed by atoms with Gasteiger partial charge in [0.15, 0.2) is 0 Å². The molecule has 1 aromatic carbocycles. The maximum atomic E-state index is 11.7. The van der Waals surface area contributed by atoms with Crippen molar-refractivity contribution in [2.24, 2.45) is 0 Å². The molecule has 4 heteroatoms. The van der Waals surface area contributed by atoms with Crippen LogP contribution in [0.1, 0.15) is 26.3 Å². The van der Waals surface area contributed by atoms with Gasteiger partial charge in [0, 0.05) is 12.6 Å². The first-order chi connectivity index (χ1) is 8.02. The van der Waals surface area contributed by atoms with Crippen LogP contribution in [0.2, 0.25) is 0 Å². The van der Waals surface area contributed by atoms with Crippen LogP contribution in [0.25, 0.3) is 0 Å². The van der Waals surface area contributed by atoms with Crippen molar-refractivity contribution in [1.82, 2.24) is 5.32 Å². The van der Waals surface area contributed by atoms with Crippen molar-refractivity contribution >= 4 is 17.5 Å². The molecule has 0 saturated heterocycles. The summed E-state index contributed by atoms with van der Waals surface area (Å²) < 4.78 is 0. The number of anilines is 1. The second-order valence-corrected chi connectivity index (χ2v) is 3.97. The highest BCUT2D eigenvalue weighted by Gasteiger charge is 2.13. The molecule has 0 aliphatic rings. The van der Waals surface area contributed by atoms with Gasteiger partial charge in [-0.1, -0.05) is 19.1 Å². The number of amides is 2. The van der Waals surface area contributed by atoms with Gasteiger partial charge in [0.1, 0.15) is 6.04 Å². The van der Waals surface area contributed by atoms with E-state index in [2.05, 4.69) is 17.6 Å². The number of hydrogen-bond acceptors (Lipinski definition) is 2. The third-order valence-corrected chi connectivity index (χ3v) is 2.42. The fourth-order valence-corrected chi connectivity index (χ4v) is 1.49. The molecule has 2 N–H and O–H groups in total. The minimum absolute atomic E-state index is 0.213. The van der Waals surface area contributed by atoms with Crippen LogP contribution in [0.15, 0.2) is 24.3 Å². The molecular formula is C13H18N2O2. The summed E-state index contributed by atoms with van der Waals surface area (Å²) in [7, 11) is 0. The van der Waals surface area contributed by atoms with Crippen LogP contribution in [0.5, 0.6) is 0 Å². The molecule has 1 aromatic rings. The Morgan fingerprint density at radius 2 is 2.06 bits per heavy atom. The standard InChI is InChI=1S/C13H18N2O2/c1-4-11-6-5-7-12(8-11)15-13(17)9(2)14-10(3)16/h5-9H,4H2,1-3H3,(H,14,16)(H,15,17). The Kier molecular flexibility index (Phi) is 4.69. The van der Waals surface area contributed by atoms with Crippen LogP contribution in [0, 0.1) is 0 Å².